The van der Waals surface area contributed by atoms with E-state index in [4.69, 9.17) is 10.5 Å². The Kier molecular flexibility index (Phi) is 5.27. The number of carbonyl (C=O) groups is 2. The summed E-state index contributed by atoms with van der Waals surface area (Å²) in [5.41, 5.74) is 6.74. The molecule has 2 aliphatic rings. The van der Waals surface area contributed by atoms with E-state index in [-0.39, 0.29) is 17.9 Å². The molecule has 6 heteroatoms. The molecule has 136 valence electrons. The van der Waals surface area contributed by atoms with Gasteiger partial charge in [0, 0.05) is 32.1 Å². The van der Waals surface area contributed by atoms with E-state index < -0.39 is 6.10 Å². The van der Waals surface area contributed by atoms with Gasteiger partial charge in [-0.1, -0.05) is 12.1 Å². The third kappa shape index (κ3) is 3.79. The summed E-state index contributed by atoms with van der Waals surface area (Å²) in [6.45, 7) is 5.63. The number of para-hydroxylation sites is 2. The molecule has 6 nitrogen and oxygen atoms in total. The lowest BCUT2D eigenvalue weighted by Crippen LogP contribution is -2.48. The van der Waals surface area contributed by atoms with E-state index in [9.17, 15) is 9.59 Å². The predicted molar refractivity (Wildman–Crippen MR) is 96.5 cm³/mol. The van der Waals surface area contributed by atoms with Crippen LogP contribution in [0.3, 0.4) is 0 Å². The predicted octanol–water partition coefficient (Wildman–Crippen LogP) is 1.78. The highest BCUT2D eigenvalue weighted by molar-refractivity contribution is 6.00. The van der Waals surface area contributed by atoms with Crippen molar-refractivity contribution in [2.45, 2.75) is 45.3 Å². The van der Waals surface area contributed by atoms with Crippen LogP contribution in [0.15, 0.2) is 24.3 Å². The number of benzene rings is 1. The minimum atomic E-state index is -0.526. The number of carbonyl (C=O) groups excluding carboxylic acids is 2. The van der Waals surface area contributed by atoms with Gasteiger partial charge in [-0.25, -0.2) is 0 Å². The molecule has 1 saturated heterocycles. The number of hydrogen-bond acceptors (Lipinski definition) is 4. The Morgan fingerprint density at radius 3 is 2.92 bits per heavy atom. The van der Waals surface area contributed by atoms with E-state index >= 15 is 0 Å². The van der Waals surface area contributed by atoms with Crippen LogP contribution in [0, 0.1) is 5.92 Å². The second-order valence-electron chi connectivity index (χ2n) is 7.07. The minimum absolute atomic E-state index is 0.0924. The van der Waals surface area contributed by atoms with Crippen LogP contribution < -0.4 is 15.4 Å². The highest BCUT2D eigenvalue weighted by Gasteiger charge is 2.32. The summed E-state index contributed by atoms with van der Waals surface area (Å²) in [5.74, 6) is 1.05. The third-order valence-electron chi connectivity index (χ3n) is 5.18. The molecule has 1 fully saturated rings. The molecular weight excluding hydrogens is 318 g/mol. The number of amides is 2. The lowest BCUT2D eigenvalue weighted by Gasteiger charge is -2.36. The molecule has 2 aliphatic heterocycles. The fourth-order valence-electron chi connectivity index (χ4n) is 3.62. The molecule has 0 radical (unpaired) electrons. The maximum absolute atomic E-state index is 12.6. The summed E-state index contributed by atoms with van der Waals surface area (Å²) in [7, 11) is 0. The third-order valence-corrected chi connectivity index (χ3v) is 5.18. The summed E-state index contributed by atoms with van der Waals surface area (Å²) < 4.78 is 5.64. The van der Waals surface area contributed by atoms with Crippen LogP contribution in [-0.2, 0) is 9.59 Å². The van der Waals surface area contributed by atoms with E-state index in [1.807, 2.05) is 36.1 Å². The molecule has 0 aromatic heterocycles. The Morgan fingerprint density at radius 2 is 2.16 bits per heavy atom. The van der Waals surface area contributed by atoms with Gasteiger partial charge >= 0.3 is 0 Å². The zero-order valence-corrected chi connectivity index (χ0v) is 15.0. The lowest BCUT2D eigenvalue weighted by molar-refractivity contribution is -0.133. The molecule has 2 amide bonds. The summed E-state index contributed by atoms with van der Waals surface area (Å²) in [4.78, 5) is 28.7. The second kappa shape index (κ2) is 7.44. The van der Waals surface area contributed by atoms with Crippen LogP contribution in [0.1, 0.15) is 33.1 Å². The Morgan fingerprint density at radius 1 is 1.40 bits per heavy atom. The van der Waals surface area contributed by atoms with Gasteiger partial charge in [-0.05, 0) is 44.7 Å². The number of hydrogen-bond donors (Lipinski definition) is 1. The van der Waals surface area contributed by atoms with Crippen LogP contribution in [-0.4, -0.2) is 48.5 Å². The first-order chi connectivity index (χ1) is 12.0. The minimum Gasteiger partial charge on any atom is -0.479 e. The Bertz CT molecular complexity index is 647. The van der Waals surface area contributed by atoms with Crippen molar-refractivity contribution >= 4 is 17.5 Å². The summed E-state index contributed by atoms with van der Waals surface area (Å²) in [5, 5.41) is 0. The first kappa shape index (κ1) is 17.7. The summed E-state index contributed by atoms with van der Waals surface area (Å²) in [6, 6.07) is 7.57. The Hall–Kier alpha value is -2.08. The quantitative estimate of drug-likeness (QED) is 0.902. The molecule has 2 heterocycles. The number of fused-ring (bicyclic) bond motifs is 1. The number of nitrogens with zero attached hydrogens (tertiary/aromatic N) is 2. The molecule has 2 N–H and O–H groups in total. The zero-order valence-electron chi connectivity index (χ0n) is 15.0. The van der Waals surface area contributed by atoms with Crippen LogP contribution >= 0.6 is 0 Å². The largest absolute Gasteiger partial charge is 0.479 e. The standard InChI is InChI=1S/C19H27N3O3/c1-13(20)15-6-5-10-21(12-15)18(23)9-11-22-16-7-3-4-8-17(16)25-14(2)19(22)24/h3-4,7-8,13-15H,5-6,9-12,20H2,1-2H3. The number of ether oxygens (including phenoxy) is 1. The van der Waals surface area contributed by atoms with Crippen LogP contribution in [0.25, 0.3) is 0 Å². The SMILES string of the molecule is CC1Oc2ccccc2N(CCC(=O)N2CCCC(C(C)N)C2)C1=O. The normalized spacial score (nSPS) is 24.5. The molecule has 1 aromatic rings. The van der Waals surface area contributed by atoms with Crippen molar-refractivity contribution < 1.29 is 14.3 Å². The van der Waals surface area contributed by atoms with Gasteiger partial charge in [0.1, 0.15) is 5.75 Å². The Labute approximate surface area is 148 Å². The van der Waals surface area contributed by atoms with Crippen molar-refractivity contribution in [3.05, 3.63) is 24.3 Å². The van der Waals surface area contributed by atoms with Crippen molar-refractivity contribution in [2.24, 2.45) is 11.7 Å². The highest BCUT2D eigenvalue weighted by Crippen LogP contribution is 2.33. The van der Waals surface area contributed by atoms with Gasteiger partial charge in [0.25, 0.3) is 5.91 Å². The Balaban J connectivity index is 1.64. The van der Waals surface area contributed by atoms with E-state index in [1.165, 1.54) is 0 Å². The van der Waals surface area contributed by atoms with Gasteiger partial charge in [-0.15, -0.1) is 0 Å². The van der Waals surface area contributed by atoms with Gasteiger partial charge in [0.2, 0.25) is 5.91 Å². The first-order valence-electron chi connectivity index (χ1n) is 9.08. The van der Waals surface area contributed by atoms with Gasteiger partial charge in [0.05, 0.1) is 5.69 Å². The average molecular weight is 345 g/mol. The van der Waals surface area contributed by atoms with Crippen molar-refractivity contribution in [1.82, 2.24) is 4.90 Å². The van der Waals surface area contributed by atoms with Crippen LogP contribution in [0.5, 0.6) is 5.75 Å². The van der Waals surface area contributed by atoms with Crippen LogP contribution in [0.2, 0.25) is 0 Å². The maximum atomic E-state index is 12.6. The van der Waals surface area contributed by atoms with E-state index in [0.717, 1.165) is 31.6 Å². The number of piperidine rings is 1. The molecule has 25 heavy (non-hydrogen) atoms. The number of likely N-dealkylation sites (tertiary alicyclic amines) is 1. The number of nitrogens with two attached hydrogens (primary N) is 1. The molecule has 1 aromatic carbocycles. The van der Waals surface area contributed by atoms with Crippen molar-refractivity contribution in [2.75, 3.05) is 24.5 Å². The van der Waals surface area contributed by atoms with Gasteiger partial charge in [-0.2, -0.15) is 0 Å². The maximum Gasteiger partial charge on any atom is 0.267 e. The van der Waals surface area contributed by atoms with Crippen LogP contribution in [0.4, 0.5) is 5.69 Å². The number of anilines is 1. The van der Waals surface area contributed by atoms with Gasteiger partial charge < -0.3 is 20.3 Å². The average Bonchev–Trinajstić information content (AvgIpc) is 2.62. The first-order valence-corrected chi connectivity index (χ1v) is 9.08. The molecule has 3 rings (SSSR count). The molecule has 0 aliphatic carbocycles. The number of rotatable bonds is 4. The highest BCUT2D eigenvalue weighted by atomic mass is 16.5. The molecule has 0 spiro atoms. The molecular formula is C19H27N3O3. The van der Waals surface area contributed by atoms with Crippen molar-refractivity contribution in [1.29, 1.82) is 0 Å². The monoisotopic (exact) mass is 345 g/mol. The van der Waals surface area contributed by atoms with Crippen molar-refractivity contribution in [3.8, 4) is 5.75 Å². The fraction of sp³-hybridized carbons (Fsp3) is 0.579. The van der Waals surface area contributed by atoms with E-state index in [2.05, 4.69) is 0 Å². The smallest absolute Gasteiger partial charge is 0.267 e. The molecule has 0 saturated carbocycles. The lowest BCUT2D eigenvalue weighted by atomic mass is 9.92. The fourth-order valence-corrected chi connectivity index (χ4v) is 3.62. The van der Waals surface area contributed by atoms with E-state index in [1.54, 1.807) is 11.8 Å². The summed E-state index contributed by atoms with van der Waals surface area (Å²) in [6.07, 6.45) is 1.86. The van der Waals surface area contributed by atoms with Gasteiger partial charge in [-0.3, -0.25) is 9.59 Å². The molecule has 3 unspecified atom stereocenters. The summed E-state index contributed by atoms with van der Waals surface area (Å²) >= 11 is 0. The molecule has 0 bridgehead atoms. The molecule has 3 atom stereocenters. The van der Waals surface area contributed by atoms with Gasteiger partial charge in [0.15, 0.2) is 6.10 Å². The van der Waals surface area contributed by atoms with Crippen molar-refractivity contribution in [3.63, 3.8) is 0 Å². The topological polar surface area (TPSA) is 75.9 Å². The zero-order chi connectivity index (χ0) is 18.0. The second-order valence-corrected chi connectivity index (χ2v) is 7.07. The van der Waals surface area contributed by atoms with E-state index in [0.29, 0.717) is 24.6 Å².